The highest BCUT2D eigenvalue weighted by Gasteiger charge is 2.29. The van der Waals surface area contributed by atoms with E-state index in [4.69, 9.17) is 0 Å². The van der Waals surface area contributed by atoms with Gasteiger partial charge in [-0.3, -0.25) is 0 Å². The average molecular weight is 316 g/mol. The Labute approximate surface area is 111 Å². The van der Waals surface area contributed by atoms with Crippen molar-refractivity contribution < 1.29 is 9.50 Å². The minimum Gasteiger partial charge on any atom is -0.378 e. The van der Waals surface area contributed by atoms with Gasteiger partial charge in [0.05, 0.1) is 0 Å². The standard InChI is InChI=1S/C12H11BrFNOS/c1-7-3-4-8(5-9(7)14)12(2,16)11-15-10(13)6-17-11/h3-6,16H,1-2H3. The van der Waals surface area contributed by atoms with Crippen molar-refractivity contribution in [3.8, 4) is 0 Å². The Morgan fingerprint density at radius 2 is 2.18 bits per heavy atom. The van der Waals surface area contributed by atoms with Crippen LogP contribution in [0.4, 0.5) is 4.39 Å². The molecule has 0 radical (unpaired) electrons. The highest BCUT2D eigenvalue weighted by molar-refractivity contribution is 9.10. The van der Waals surface area contributed by atoms with Crippen molar-refractivity contribution in [2.45, 2.75) is 19.4 Å². The van der Waals surface area contributed by atoms with Crippen LogP contribution in [0, 0.1) is 12.7 Å². The monoisotopic (exact) mass is 315 g/mol. The molecule has 1 N–H and O–H groups in total. The molecule has 0 amide bonds. The number of benzene rings is 1. The third-order valence-corrected chi connectivity index (χ3v) is 4.39. The van der Waals surface area contributed by atoms with Crippen molar-refractivity contribution in [3.63, 3.8) is 0 Å². The maximum Gasteiger partial charge on any atom is 0.138 e. The second-order valence-electron chi connectivity index (χ2n) is 4.01. The van der Waals surface area contributed by atoms with Gasteiger partial charge in [0.1, 0.15) is 21.0 Å². The molecule has 2 nitrogen and oxygen atoms in total. The summed E-state index contributed by atoms with van der Waals surface area (Å²) >= 11 is 4.57. The number of thiazole rings is 1. The number of halogens is 2. The number of hydrogen-bond donors (Lipinski definition) is 1. The Bertz CT molecular complexity index is 553. The second-order valence-corrected chi connectivity index (χ2v) is 5.68. The van der Waals surface area contributed by atoms with Crippen molar-refractivity contribution in [1.29, 1.82) is 0 Å². The van der Waals surface area contributed by atoms with Crippen LogP contribution in [0.1, 0.15) is 23.1 Å². The van der Waals surface area contributed by atoms with Crippen LogP contribution >= 0.6 is 27.3 Å². The number of aliphatic hydroxyl groups is 1. The van der Waals surface area contributed by atoms with Gasteiger partial charge in [0.15, 0.2) is 0 Å². The molecule has 2 rings (SSSR count). The van der Waals surface area contributed by atoms with Crippen LogP contribution in [0.25, 0.3) is 0 Å². The van der Waals surface area contributed by atoms with Crippen molar-refractivity contribution in [2.75, 3.05) is 0 Å². The molecular formula is C12H11BrFNOS. The van der Waals surface area contributed by atoms with Crippen molar-refractivity contribution in [1.82, 2.24) is 4.98 Å². The smallest absolute Gasteiger partial charge is 0.138 e. The van der Waals surface area contributed by atoms with E-state index in [1.165, 1.54) is 17.4 Å². The molecule has 1 heterocycles. The molecule has 0 bridgehead atoms. The van der Waals surface area contributed by atoms with Gasteiger partial charge in [-0.2, -0.15) is 0 Å². The van der Waals surface area contributed by atoms with Crippen LogP contribution in [0.2, 0.25) is 0 Å². The molecule has 90 valence electrons. The summed E-state index contributed by atoms with van der Waals surface area (Å²) in [5.74, 6) is -0.321. The average Bonchev–Trinajstić information content (AvgIpc) is 2.69. The number of aryl methyl sites for hydroxylation is 1. The first-order valence-electron chi connectivity index (χ1n) is 5.02. The molecule has 17 heavy (non-hydrogen) atoms. The van der Waals surface area contributed by atoms with E-state index < -0.39 is 5.60 Å². The fourth-order valence-electron chi connectivity index (χ4n) is 1.50. The molecule has 1 aromatic carbocycles. The quantitative estimate of drug-likeness (QED) is 0.918. The summed E-state index contributed by atoms with van der Waals surface area (Å²) in [7, 11) is 0. The zero-order valence-electron chi connectivity index (χ0n) is 9.37. The Morgan fingerprint density at radius 1 is 1.47 bits per heavy atom. The third-order valence-electron chi connectivity index (χ3n) is 2.63. The predicted molar refractivity (Wildman–Crippen MR) is 69.6 cm³/mol. The summed E-state index contributed by atoms with van der Waals surface area (Å²) in [6, 6.07) is 4.72. The minimum atomic E-state index is -1.27. The molecule has 1 atom stereocenters. The normalized spacial score (nSPS) is 14.6. The maximum absolute atomic E-state index is 13.5. The molecule has 0 saturated heterocycles. The molecule has 0 aliphatic carbocycles. The lowest BCUT2D eigenvalue weighted by Crippen LogP contribution is -2.22. The van der Waals surface area contributed by atoms with E-state index >= 15 is 0 Å². The lowest BCUT2D eigenvalue weighted by molar-refractivity contribution is 0.101. The van der Waals surface area contributed by atoms with Crippen molar-refractivity contribution >= 4 is 27.3 Å². The van der Waals surface area contributed by atoms with Gasteiger partial charge in [-0.15, -0.1) is 11.3 Å². The summed E-state index contributed by atoms with van der Waals surface area (Å²) in [4.78, 5) is 4.17. The predicted octanol–water partition coefficient (Wildman–Crippen LogP) is 3.61. The number of rotatable bonds is 2. The van der Waals surface area contributed by atoms with Crippen molar-refractivity contribution in [2.24, 2.45) is 0 Å². The van der Waals surface area contributed by atoms with Crippen LogP contribution in [0.5, 0.6) is 0 Å². The van der Waals surface area contributed by atoms with Crippen LogP contribution < -0.4 is 0 Å². The van der Waals surface area contributed by atoms with Crippen LogP contribution in [0.15, 0.2) is 28.2 Å². The lowest BCUT2D eigenvalue weighted by atomic mass is 9.95. The molecule has 0 aliphatic heterocycles. The van der Waals surface area contributed by atoms with Gasteiger partial charge in [-0.05, 0) is 47.0 Å². The highest BCUT2D eigenvalue weighted by atomic mass is 79.9. The molecule has 0 saturated carbocycles. The Balaban J connectivity index is 2.47. The van der Waals surface area contributed by atoms with E-state index in [0.29, 0.717) is 20.7 Å². The van der Waals surface area contributed by atoms with E-state index in [9.17, 15) is 9.50 Å². The van der Waals surface area contributed by atoms with Gasteiger partial charge in [-0.25, -0.2) is 9.37 Å². The van der Waals surface area contributed by atoms with Gasteiger partial charge in [0.25, 0.3) is 0 Å². The molecular weight excluding hydrogens is 305 g/mol. The summed E-state index contributed by atoms with van der Waals surface area (Å²) < 4.78 is 14.2. The largest absolute Gasteiger partial charge is 0.378 e. The Morgan fingerprint density at radius 3 is 2.71 bits per heavy atom. The van der Waals surface area contributed by atoms with Gasteiger partial charge in [0.2, 0.25) is 0 Å². The SMILES string of the molecule is Cc1ccc(C(C)(O)c2nc(Br)cs2)cc1F. The van der Waals surface area contributed by atoms with Gasteiger partial charge in [-0.1, -0.05) is 12.1 Å². The number of hydrogen-bond acceptors (Lipinski definition) is 3. The maximum atomic E-state index is 13.5. The van der Waals surface area contributed by atoms with E-state index in [0.717, 1.165) is 0 Å². The summed E-state index contributed by atoms with van der Waals surface area (Å²) in [5, 5.41) is 12.8. The zero-order valence-corrected chi connectivity index (χ0v) is 11.8. The first-order chi connectivity index (χ1) is 7.91. The van der Waals surface area contributed by atoms with Crippen molar-refractivity contribution in [3.05, 3.63) is 50.1 Å². The zero-order chi connectivity index (χ0) is 12.6. The van der Waals surface area contributed by atoms with E-state index in [2.05, 4.69) is 20.9 Å². The first kappa shape index (κ1) is 12.7. The van der Waals surface area contributed by atoms with E-state index in [-0.39, 0.29) is 5.82 Å². The second kappa shape index (κ2) is 4.48. The first-order valence-corrected chi connectivity index (χ1v) is 6.69. The summed E-state index contributed by atoms with van der Waals surface area (Å²) in [6.45, 7) is 3.30. The van der Waals surface area contributed by atoms with Crippen LogP contribution in [-0.4, -0.2) is 10.1 Å². The fraction of sp³-hybridized carbons (Fsp3) is 0.250. The molecule has 1 unspecified atom stereocenters. The topological polar surface area (TPSA) is 33.1 Å². The summed E-state index contributed by atoms with van der Waals surface area (Å²) in [6.07, 6.45) is 0. The molecule has 0 aliphatic rings. The number of nitrogens with zero attached hydrogens (tertiary/aromatic N) is 1. The van der Waals surface area contributed by atoms with Gasteiger partial charge in [0, 0.05) is 5.38 Å². The minimum absolute atomic E-state index is 0.321. The van der Waals surface area contributed by atoms with E-state index in [1.54, 1.807) is 31.4 Å². The van der Waals surface area contributed by atoms with Crippen LogP contribution in [-0.2, 0) is 5.60 Å². The molecule has 5 heteroatoms. The fourth-order valence-corrected chi connectivity index (χ4v) is 2.83. The summed E-state index contributed by atoms with van der Waals surface area (Å²) in [5.41, 5.74) is -0.210. The third kappa shape index (κ3) is 2.41. The molecule has 2 aromatic rings. The Kier molecular flexibility index (Phi) is 3.34. The molecule has 0 fully saturated rings. The van der Waals surface area contributed by atoms with Gasteiger partial charge < -0.3 is 5.11 Å². The Hall–Kier alpha value is -0.780. The lowest BCUT2D eigenvalue weighted by Gasteiger charge is -2.21. The molecule has 1 aromatic heterocycles. The highest BCUT2D eigenvalue weighted by Crippen LogP contribution is 2.33. The van der Waals surface area contributed by atoms with E-state index in [1.807, 2.05) is 0 Å². The molecule has 0 spiro atoms. The number of aromatic nitrogens is 1. The van der Waals surface area contributed by atoms with Crippen LogP contribution in [0.3, 0.4) is 0 Å². The van der Waals surface area contributed by atoms with Gasteiger partial charge >= 0.3 is 0 Å².